The van der Waals surface area contributed by atoms with E-state index in [1.165, 1.54) is 5.01 Å². The second kappa shape index (κ2) is 8.61. The van der Waals surface area contributed by atoms with Gasteiger partial charge in [-0.05, 0) is 41.0 Å². The second-order valence-electron chi connectivity index (χ2n) is 6.88. The Morgan fingerprint density at radius 3 is 2.17 bits per heavy atom. The molecule has 0 atom stereocenters. The maximum atomic E-state index is 12.3. The van der Waals surface area contributed by atoms with Crippen molar-refractivity contribution in [3.05, 3.63) is 90.0 Å². The maximum Gasteiger partial charge on any atom is 0.338 e. The largest absolute Gasteiger partial charge is 0.508 e. The molecule has 1 aliphatic heterocycles. The van der Waals surface area contributed by atoms with Gasteiger partial charge in [0.2, 0.25) is 0 Å². The highest BCUT2D eigenvalue weighted by Crippen LogP contribution is 2.22. The van der Waals surface area contributed by atoms with E-state index in [2.05, 4.69) is 5.10 Å². The number of benzene rings is 3. The van der Waals surface area contributed by atoms with Crippen LogP contribution in [0.5, 0.6) is 5.75 Å². The van der Waals surface area contributed by atoms with Crippen molar-refractivity contribution in [1.29, 1.82) is 0 Å². The van der Waals surface area contributed by atoms with Crippen LogP contribution in [0.2, 0.25) is 0 Å². The summed E-state index contributed by atoms with van der Waals surface area (Å²) in [5.41, 5.74) is 4.02. The highest BCUT2D eigenvalue weighted by atomic mass is 16.5. The zero-order chi connectivity index (χ0) is 20.9. The third kappa shape index (κ3) is 4.38. The van der Waals surface area contributed by atoms with Gasteiger partial charge >= 0.3 is 5.97 Å². The minimum atomic E-state index is -0.563. The fourth-order valence-electron chi connectivity index (χ4n) is 3.21. The van der Waals surface area contributed by atoms with Crippen molar-refractivity contribution in [2.45, 2.75) is 6.42 Å². The molecule has 1 N–H and O–H groups in total. The molecule has 30 heavy (non-hydrogen) atoms. The fraction of sp³-hybridized carbons (Fsp3) is 0.125. The van der Waals surface area contributed by atoms with Crippen LogP contribution in [0.4, 0.5) is 0 Å². The highest BCUT2D eigenvalue weighted by molar-refractivity contribution is 6.02. The van der Waals surface area contributed by atoms with Crippen molar-refractivity contribution < 1.29 is 19.4 Å². The average molecular weight is 400 g/mol. The van der Waals surface area contributed by atoms with Crippen LogP contribution in [0.15, 0.2) is 84.0 Å². The van der Waals surface area contributed by atoms with Crippen molar-refractivity contribution in [1.82, 2.24) is 5.01 Å². The average Bonchev–Trinajstić information content (AvgIpc) is 3.29. The molecule has 0 saturated carbocycles. The predicted molar refractivity (Wildman–Crippen MR) is 113 cm³/mol. The third-order valence-electron chi connectivity index (χ3n) is 4.84. The third-order valence-corrected chi connectivity index (χ3v) is 4.84. The van der Waals surface area contributed by atoms with Crippen molar-refractivity contribution in [2.24, 2.45) is 5.10 Å². The number of carbonyl (C=O) groups is 2. The number of hydrazone groups is 1. The minimum Gasteiger partial charge on any atom is -0.508 e. The lowest BCUT2D eigenvalue weighted by Crippen LogP contribution is -2.28. The van der Waals surface area contributed by atoms with Gasteiger partial charge in [-0.15, -0.1) is 0 Å². The van der Waals surface area contributed by atoms with Crippen LogP contribution < -0.4 is 0 Å². The van der Waals surface area contributed by atoms with E-state index in [0.717, 1.165) is 22.4 Å². The van der Waals surface area contributed by atoms with Gasteiger partial charge in [-0.1, -0.05) is 54.6 Å². The molecule has 0 bridgehead atoms. The monoisotopic (exact) mass is 400 g/mol. The lowest BCUT2D eigenvalue weighted by atomic mass is 10.0. The first-order valence-corrected chi connectivity index (χ1v) is 9.60. The number of aromatic hydroxyl groups is 1. The molecule has 1 aliphatic rings. The molecule has 4 rings (SSSR count). The number of hydrogen-bond acceptors (Lipinski definition) is 5. The lowest BCUT2D eigenvalue weighted by Gasteiger charge is -2.11. The summed E-state index contributed by atoms with van der Waals surface area (Å²) in [6, 6.07) is 23.4. The van der Waals surface area contributed by atoms with E-state index in [4.69, 9.17) is 4.74 Å². The van der Waals surface area contributed by atoms with E-state index in [1.807, 2.05) is 30.3 Å². The van der Waals surface area contributed by atoms with Crippen molar-refractivity contribution in [3.8, 4) is 16.9 Å². The molecule has 0 saturated heterocycles. The summed E-state index contributed by atoms with van der Waals surface area (Å²) in [7, 11) is 0. The second-order valence-corrected chi connectivity index (χ2v) is 6.88. The van der Waals surface area contributed by atoms with E-state index in [9.17, 15) is 14.7 Å². The van der Waals surface area contributed by atoms with Gasteiger partial charge in [0.25, 0.3) is 5.91 Å². The van der Waals surface area contributed by atoms with Gasteiger partial charge in [-0.2, -0.15) is 5.10 Å². The molecule has 0 spiro atoms. The predicted octanol–water partition coefficient (Wildman–Crippen LogP) is 3.85. The zero-order valence-corrected chi connectivity index (χ0v) is 16.2. The van der Waals surface area contributed by atoms with Gasteiger partial charge in [-0.3, -0.25) is 4.79 Å². The highest BCUT2D eigenvalue weighted by Gasteiger charge is 2.22. The Hall–Kier alpha value is -3.93. The summed E-state index contributed by atoms with van der Waals surface area (Å²) >= 11 is 0. The molecule has 0 unspecified atom stereocenters. The SMILES string of the molecule is O=C(OCC(=O)N1CCC(c2ccccc2)=N1)c1ccc(-c2ccc(O)cc2)cc1. The Morgan fingerprint density at radius 2 is 1.50 bits per heavy atom. The number of esters is 1. The number of nitrogens with zero attached hydrogens (tertiary/aromatic N) is 2. The molecular formula is C24H20N2O4. The van der Waals surface area contributed by atoms with Gasteiger partial charge in [0.15, 0.2) is 6.61 Å². The first-order chi connectivity index (χ1) is 14.6. The molecule has 6 heteroatoms. The molecule has 3 aromatic carbocycles. The molecule has 0 fully saturated rings. The topological polar surface area (TPSA) is 79.2 Å². The maximum absolute atomic E-state index is 12.3. The van der Waals surface area contributed by atoms with Crippen LogP contribution in [0.1, 0.15) is 22.3 Å². The minimum absolute atomic E-state index is 0.196. The summed E-state index contributed by atoms with van der Waals surface area (Å²) in [6.07, 6.45) is 0.669. The van der Waals surface area contributed by atoms with Crippen molar-refractivity contribution in [2.75, 3.05) is 13.2 Å². The lowest BCUT2D eigenvalue weighted by molar-refractivity contribution is -0.134. The van der Waals surface area contributed by atoms with Crippen LogP contribution in [0.3, 0.4) is 0 Å². The zero-order valence-electron chi connectivity index (χ0n) is 16.2. The number of rotatable bonds is 5. The van der Waals surface area contributed by atoms with Gasteiger partial charge in [0.1, 0.15) is 5.75 Å². The molecule has 1 heterocycles. The van der Waals surface area contributed by atoms with Gasteiger partial charge in [0, 0.05) is 6.42 Å². The summed E-state index contributed by atoms with van der Waals surface area (Å²) in [6.45, 7) is 0.117. The number of ether oxygens (including phenoxy) is 1. The first-order valence-electron chi connectivity index (χ1n) is 9.60. The molecular weight excluding hydrogens is 380 g/mol. The standard InChI is InChI=1S/C24H20N2O4/c27-21-12-10-18(11-13-21)17-6-8-20(9-7-17)24(29)30-16-23(28)26-15-14-22(25-26)19-4-2-1-3-5-19/h1-13,27H,14-16H2. The van der Waals surface area contributed by atoms with Crippen molar-refractivity contribution >= 4 is 17.6 Å². The van der Waals surface area contributed by atoms with Crippen LogP contribution in [0.25, 0.3) is 11.1 Å². The normalized spacial score (nSPS) is 13.1. The van der Waals surface area contributed by atoms with E-state index < -0.39 is 5.97 Å². The number of carbonyl (C=O) groups excluding carboxylic acids is 2. The number of amides is 1. The number of phenols is 1. The number of phenolic OH excluding ortho intramolecular Hbond substituents is 1. The molecule has 0 aliphatic carbocycles. The van der Waals surface area contributed by atoms with Gasteiger partial charge in [-0.25, -0.2) is 9.80 Å². The van der Waals surface area contributed by atoms with E-state index in [0.29, 0.717) is 18.5 Å². The molecule has 3 aromatic rings. The van der Waals surface area contributed by atoms with Crippen LogP contribution in [-0.4, -0.2) is 40.9 Å². The summed E-state index contributed by atoms with van der Waals surface area (Å²) in [4.78, 5) is 24.6. The smallest absolute Gasteiger partial charge is 0.338 e. The van der Waals surface area contributed by atoms with E-state index >= 15 is 0 Å². The fourth-order valence-corrected chi connectivity index (χ4v) is 3.21. The molecule has 0 radical (unpaired) electrons. The van der Waals surface area contributed by atoms with Crippen molar-refractivity contribution in [3.63, 3.8) is 0 Å². The first kappa shape index (κ1) is 19.4. The Balaban J connectivity index is 1.34. The van der Waals surface area contributed by atoms with E-state index in [1.54, 1.807) is 48.5 Å². The molecule has 1 amide bonds. The Bertz CT molecular complexity index is 1070. The molecule has 0 aromatic heterocycles. The molecule has 6 nitrogen and oxygen atoms in total. The Labute approximate surface area is 174 Å². The molecule has 150 valence electrons. The van der Waals surface area contributed by atoms with Crippen LogP contribution >= 0.6 is 0 Å². The Morgan fingerprint density at radius 1 is 0.867 bits per heavy atom. The quantitative estimate of drug-likeness (QED) is 0.660. The summed E-state index contributed by atoms with van der Waals surface area (Å²) < 4.78 is 5.17. The van der Waals surface area contributed by atoms with Crippen LogP contribution in [0, 0.1) is 0 Å². The summed E-state index contributed by atoms with van der Waals surface area (Å²) in [5, 5.41) is 15.1. The van der Waals surface area contributed by atoms with Gasteiger partial charge < -0.3 is 9.84 Å². The Kier molecular flexibility index (Phi) is 5.57. The van der Waals surface area contributed by atoms with E-state index in [-0.39, 0.29) is 18.3 Å². The van der Waals surface area contributed by atoms with Crippen LogP contribution in [-0.2, 0) is 9.53 Å². The number of hydrogen-bond donors (Lipinski definition) is 1. The summed E-state index contributed by atoms with van der Waals surface area (Å²) in [5.74, 6) is -0.719. The van der Waals surface area contributed by atoms with Gasteiger partial charge in [0.05, 0.1) is 17.8 Å².